The molecule has 0 atom stereocenters. The summed E-state index contributed by atoms with van der Waals surface area (Å²) in [5.41, 5.74) is 1.39. The maximum Gasteiger partial charge on any atom is 0.336 e. The number of methoxy groups -OCH3 is 2. The molecule has 0 bridgehead atoms. The molecule has 0 spiro atoms. The van der Waals surface area contributed by atoms with Crippen molar-refractivity contribution < 1.29 is 29.3 Å². The number of ether oxygens (including phenoxy) is 2. The van der Waals surface area contributed by atoms with Crippen LogP contribution in [-0.2, 0) is 11.3 Å². The van der Waals surface area contributed by atoms with Crippen molar-refractivity contribution in [3.05, 3.63) is 53.6 Å². The Morgan fingerprint density at radius 3 is 2.38 bits per heavy atom. The van der Waals surface area contributed by atoms with E-state index < -0.39 is 11.9 Å². The molecule has 2 rings (SSSR count). The number of carbonyl (C=O) groups is 2. The molecule has 2 aromatic rings. The van der Waals surface area contributed by atoms with Gasteiger partial charge in [-0.3, -0.25) is 4.79 Å². The van der Waals surface area contributed by atoms with E-state index in [0.717, 1.165) is 0 Å². The second-order valence-electron chi connectivity index (χ2n) is 5.57. The van der Waals surface area contributed by atoms with Crippen LogP contribution in [0.3, 0.4) is 0 Å². The molecule has 0 aliphatic heterocycles. The highest BCUT2D eigenvalue weighted by atomic mass is 16.5. The van der Waals surface area contributed by atoms with Crippen LogP contribution in [0.5, 0.6) is 11.5 Å². The minimum atomic E-state index is -1.03. The normalized spacial score (nSPS) is 10.2. The Kier molecular flexibility index (Phi) is 6.43. The zero-order chi connectivity index (χ0) is 19.1. The molecule has 0 amide bonds. The van der Waals surface area contributed by atoms with Crippen LogP contribution in [0, 0.1) is 0 Å². The average Bonchev–Trinajstić information content (AvgIpc) is 2.64. The van der Waals surface area contributed by atoms with Crippen molar-refractivity contribution in [3.8, 4) is 11.5 Å². The fourth-order valence-electron chi connectivity index (χ4n) is 2.63. The highest BCUT2D eigenvalue weighted by Crippen LogP contribution is 2.33. The number of rotatable bonds is 9. The Balaban J connectivity index is 2.44. The highest BCUT2D eigenvalue weighted by molar-refractivity contribution is 5.89. The van der Waals surface area contributed by atoms with Gasteiger partial charge < -0.3 is 24.6 Å². The summed E-state index contributed by atoms with van der Waals surface area (Å²) >= 11 is 0. The molecule has 2 aromatic carbocycles. The van der Waals surface area contributed by atoms with Crippen LogP contribution < -0.4 is 14.4 Å². The molecule has 26 heavy (non-hydrogen) atoms. The minimum Gasteiger partial charge on any atom is -0.497 e. The minimum absolute atomic E-state index is 0.102. The van der Waals surface area contributed by atoms with Crippen molar-refractivity contribution in [3.63, 3.8) is 0 Å². The van der Waals surface area contributed by atoms with E-state index in [9.17, 15) is 14.7 Å². The molecular formula is C19H21NO6. The summed E-state index contributed by atoms with van der Waals surface area (Å²) in [5, 5.41) is 18.5. The lowest BCUT2D eigenvalue weighted by Crippen LogP contribution is -2.27. The number of carboxylic acid groups (broad SMARTS) is 2. The Morgan fingerprint density at radius 1 is 1.04 bits per heavy atom. The van der Waals surface area contributed by atoms with E-state index in [2.05, 4.69) is 0 Å². The maximum atomic E-state index is 11.5. The zero-order valence-corrected chi connectivity index (χ0v) is 14.6. The number of aliphatic carboxylic acids is 1. The van der Waals surface area contributed by atoms with Gasteiger partial charge in [-0.15, -0.1) is 0 Å². The van der Waals surface area contributed by atoms with Crippen molar-refractivity contribution in [1.29, 1.82) is 0 Å². The standard InChI is InChI=1S/C19H21NO6/c1-25-14-7-8-17(26-2)16(11-14)20(10-9-18(21)22)12-13-5-3-4-6-15(13)19(23)24/h3-8,11H,9-10,12H2,1-2H3,(H,21,22)(H,23,24). The van der Waals surface area contributed by atoms with Gasteiger partial charge in [-0.25, -0.2) is 4.79 Å². The van der Waals surface area contributed by atoms with Crippen molar-refractivity contribution in [2.75, 3.05) is 25.7 Å². The summed E-state index contributed by atoms with van der Waals surface area (Å²) in [5.74, 6) is -0.837. The van der Waals surface area contributed by atoms with Crippen molar-refractivity contribution in [2.24, 2.45) is 0 Å². The zero-order valence-electron chi connectivity index (χ0n) is 14.6. The van der Waals surface area contributed by atoms with Crippen molar-refractivity contribution >= 4 is 17.6 Å². The smallest absolute Gasteiger partial charge is 0.336 e. The van der Waals surface area contributed by atoms with Gasteiger partial charge in [-0.2, -0.15) is 0 Å². The Labute approximate surface area is 151 Å². The second-order valence-corrected chi connectivity index (χ2v) is 5.57. The molecule has 2 N–H and O–H groups in total. The largest absolute Gasteiger partial charge is 0.497 e. The van der Waals surface area contributed by atoms with E-state index in [4.69, 9.17) is 14.6 Å². The molecule has 0 saturated carbocycles. The van der Waals surface area contributed by atoms with E-state index in [1.165, 1.54) is 20.3 Å². The maximum absolute atomic E-state index is 11.5. The predicted octanol–water partition coefficient (Wildman–Crippen LogP) is 2.88. The van der Waals surface area contributed by atoms with Gasteiger partial charge in [0, 0.05) is 19.2 Å². The molecule has 7 heteroatoms. The van der Waals surface area contributed by atoms with Crippen LogP contribution in [0.2, 0.25) is 0 Å². The quantitative estimate of drug-likeness (QED) is 0.710. The molecular weight excluding hydrogens is 338 g/mol. The molecule has 7 nitrogen and oxygen atoms in total. The molecule has 0 fully saturated rings. The summed E-state index contributed by atoms with van der Waals surface area (Å²) in [7, 11) is 3.05. The molecule has 0 radical (unpaired) electrons. The summed E-state index contributed by atoms with van der Waals surface area (Å²) in [6.45, 7) is 0.409. The summed E-state index contributed by atoms with van der Waals surface area (Å²) in [4.78, 5) is 24.3. The third-order valence-electron chi connectivity index (χ3n) is 3.93. The van der Waals surface area contributed by atoms with Crippen LogP contribution in [0.25, 0.3) is 0 Å². The van der Waals surface area contributed by atoms with E-state index >= 15 is 0 Å². The first-order valence-electron chi connectivity index (χ1n) is 7.96. The lowest BCUT2D eigenvalue weighted by Gasteiger charge is -2.27. The molecule has 138 valence electrons. The van der Waals surface area contributed by atoms with E-state index in [1.807, 2.05) is 0 Å². The highest BCUT2D eigenvalue weighted by Gasteiger charge is 2.18. The second kappa shape index (κ2) is 8.75. The summed E-state index contributed by atoms with van der Waals surface area (Å²) in [6.07, 6.45) is -0.102. The first kappa shape index (κ1) is 19.1. The van der Waals surface area contributed by atoms with E-state index in [0.29, 0.717) is 22.7 Å². The first-order valence-corrected chi connectivity index (χ1v) is 7.96. The Bertz CT molecular complexity index is 789. The van der Waals surface area contributed by atoms with E-state index in [-0.39, 0.29) is 25.1 Å². The van der Waals surface area contributed by atoms with Gasteiger partial charge in [0.25, 0.3) is 0 Å². The number of benzene rings is 2. The van der Waals surface area contributed by atoms with Crippen LogP contribution in [0.15, 0.2) is 42.5 Å². The van der Waals surface area contributed by atoms with E-state index in [1.54, 1.807) is 41.3 Å². The van der Waals surface area contributed by atoms with Crippen molar-refractivity contribution in [1.82, 2.24) is 0 Å². The number of aromatic carboxylic acids is 1. The summed E-state index contributed by atoms with van der Waals surface area (Å²) < 4.78 is 10.6. The van der Waals surface area contributed by atoms with Gasteiger partial charge in [0.2, 0.25) is 0 Å². The van der Waals surface area contributed by atoms with Gasteiger partial charge >= 0.3 is 11.9 Å². The monoisotopic (exact) mass is 359 g/mol. The molecule has 0 heterocycles. The first-order chi connectivity index (χ1) is 12.5. The average molecular weight is 359 g/mol. The Hall–Kier alpha value is -3.22. The fourth-order valence-corrected chi connectivity index (χ4v) is 2.63. The number of hydrogen-bond acceptors (Lipinski definition) is 5. The van der Waals surface area contributed by atoms with Gasteiger partial charge in [0.05, 0.1) is 31.9 Å². The van der Waals surface area contributed by atoms with Gasteiger partial charge in [-0.1, -0.05) is 18.2 Å². The summed E-state index contributed by atoms with van der Waals surface area (Å²) in [6, 6.07) is 11.8. The SMILES string of the molecule is COc1ccc(OC)c(N(CCC(=O)O)Cc2ccccc2C(=O)O)c1. The lowest BCUT2D eigenvalue weighted by atomic mass is 10.1. The molecule has 0 saturated heterocycles. The third-order valence-corrected chi connectivity index (χ3v) is 3.93. The third kappa shape index (κ3) is 4.66. The molecule has 0 unspecified atom stereocenters. The van der Waals surface area contributed by atoms with Gasteiger partial charge in [-0.05, 0) is 23.8 Å². The topological polar surface area (TPSA) is 96.3 Å². The van der Waals surface area contributed by atoms with Crippen LogP contribution in [0.1, 0.15) is 22.3 Å². The number of anilines is 1. The number of nitrogens with zero attached hydrogens (tertiary/aromatic N) is 1. The molecule has 0 aromatic heterocycles. The van der Waals surface area contributed by atoms with Gasteiger partial charge in [0.15, 0.2) is 0 Å². The van der Waals surface area contributed by atoms with Crippen molar-refractivity contribution in [2.45, 2.75) is 13.0 Å². The lowest BCUT2D eigenvalue weighted by molar-refractivity contribution is -0.136. The molecule has 0 aliphatic carbocycles. The van der Waals surface area contributed by atoms with Crippen LogP contribution >= 0.6 is 0 Å². The number of carboxylic acids is 2. The van der Waals surface area contributed by atoms with Crippen LogP contribution in [0.4, 0.5) is 5.69 Å². The molecule has 0 aliphatic rings. The van der Waals surface area contributed by atoms with Crippen LogP contribution in [-0.4, -0.2) is 42.9 Å². The Morgan fingerprint density at radius 2 is 1.77 bits per heavy atom. The predicted molar refractivity (Wildman–Crippen MR) is 96.3 cm³/mol. The van der Waals surface area contributed by atoms with Gasteiger partial charge in [0.1, 0.15) is 11.5 Å². The fraction of sp³-hybridized carbons (Fsp3) is 0.263. The number of hydrogen-bond donors (Lipinski definition) is 2.